The molecule has 124 valence electrons. The molecule has 1 N–H and O–H groups in total. The Kier molecular flexibility index (Phi) is 4.29. The van der Waals surface area contributed by atoms with Crippen molar-refractivity contribution in [3.8, 4) is 0 Å². The molecule has 22 heavy (non-hydrogen) atoms. The molecule has 0 aromatic rings. The Morgan fingerprint density at radius 1 is 1.41 bits per heavy atom. The predicted molar refractivity (Wildman–Crippen MR) is 76.0 cm³/mol. The number of carboxylic acid groups (broad SMARTS) is 1. The Labute approximate surface area is 127 Å². The van der Waals surface area contributed by atoms with Gasteiger partial charge in [-0.2, -0.15) is 8.42 Å². The molecule has 0 spiro atoms. The van der Waals surface area contributed by atoms with Gasteiger partial charge in [0.1, 0.15) is 5.70 Å². The van der Waals surface area contributed by atoms with E-state index in [1.54, 1.807) is 0 Å². The highest BCUT2D eigenvalue weighted by atomic mass is 32.2. The molecular formula is C13H18F2N2O4S. The van der Waals surface area contributed by atoms with E-state index in [1.807, 2.05) is 0 Å². The second-order valence-electron chi connectivity index (χ2n) is 5.85. The summed E-state index contributed by atoms with van der Waals surface area (Å²) in [5.41, 5.74) is -0.331. The molecule has 1 heterocycles. The second kappa shape index (κ2) is 5.60. The van der Waals surface area contributed by atoms with Crippen LogP contribution in [0.4, 0.5) is 8.78 Å². The number of carbonyl (C=O) groups is 1. The number of halogens is 2. The molecule has 1 fully saturated rings. The van der Waals surface area contributed by atoms with Crippen molar-refractivity contribution in [3.05, 3.63) is 11.8 Å². The van der Waals surface area contributed by atoms with Crippen LogP contribution in [-0.4, -0.2) is 41.5 Å². The molecule has 2 aliphatic rings. The third kappa shape index (κ3) is 3.29. The summed E-state index contributed by atoms with van der Waals surface area (Å²) in [5, 5.41) is 9.24. The van der Waals surface area contributed by atoms with Crippen molar-refractivity contribution in [1.82, 2.24) is 4.31 Å². The molecule has 0 saturated heterocycles. The van der Waals surface area contributed by atoms with Gasteiger partial charge >= 0.3 is 16.2 Å². The monoisotopic (exact) mass is 336 g/mol. The predicted octanol–water partition coefficient (Wildman–Crippen LogP) is 2.19. The normalized spacial score (nSPS) is 24.9. The van der Waals surface area contributed by atoms with Crippen LogP contribution in [-0.2, 0) is 15.0 Å². The number of nitrogens with zero attached hydrogens (tertiary/aromatic N) is 2. The molecular weight excluding hydrogens is 318 g/mol. The molecule has 0 amide bonds. The molecule has 1 aliphatic carbocycles. The first-order valence-corrected chi connectivity index (χ1v) is 8.40. The van der Waals surface area contributed by atoms with E-state index in [0.717, 1.165) is 4.31 Å². The van der Waals surface area contributed by atoms with Crippen LogP contribution < -0.4 is 0 Å². The van der Waals surface area contributed by atoms with Gasteiger partial charge in [-0.05, 0) is 32.8 Å². The third-order valence-electron chi connectivity index (χ3n) is 3.81. The quantitative estimate of drug-likeness (QED) is 0.856. The maximum absolute atomic E-state index is 13.2. The molecule has 0 atom stereocenters. The fourth-order valence-electron chi connectivity index (χ4n) is 2.76. The summed E-state index contributed by atoms with van der Waals surface area (Å²) in [6, 6.07) is -0.603. The van der Waals surface area contributed by atoms with Gasteiger partial charge in [-0.1, -0.05) is 0 Å². The van der Waals surface area contributed by atoms with E-state index in [9.17, 15) is 27.1 Å². The highest BCUT2D eigenvalue weighted by Crippen LogP contribution is 2.38. The molecule has 6 nitrogen and oxygen atoms in total. The Morgan fingerprint density at radius 3 is 2.41 bits per heavy atom. The highest BCUT2D eigenvalue weighted by molar-refractivity contribution is 7.88. The van der Waals surface area contributed by atoms with Gasteiger partial charge in [0.25, 0.3) is 0 Å². The van der Waals surface area contributed by atoms with Crippen LogP contribution in [0.15, 0.2) is 16.2 Å². The number of alkyl halides is 2. The first-order valence-electron chi connectivity index (χ1n) is 7.00. The van der Waals surface area contributed by atoms with Gasteiger partial charge < -0.3 is 5.11 Å². The Bertz CT molecular complexity index is 630. The molecule has 0 radical (unpaired) electrons. The van der Waals surface area contributed by atoms with Gasteiger partial charge in [-0.25, -0.2) is 17.9 Å². The lowest BCUT2D eigenvalue weighted by molar-refractivity contribution is -0.134. The largest absolute Gasteiger partial charge is 0.477 e. The maximum atomic E-state index is 13.2. The van der Waals surface area contributed by atoms with Crippen molar-refractivity contribution in [2.75, 3.05) is 0 Å². The minimum absolute atomic E-state index is 0.0600. The van der Waals surface area contributed by atoms with Crippen LogP contribution in [0.25, 0.3) is 0 Å². The average molecular weight is 336 g/mol. The standard InChI is InChI=1S/C13H18F2N2O4S/c1-8(2)17-11(12(18)19)7-10(16-22(17,20)21)9-3-5-13(14,15)6-4-9/h7-9H,3-6H2,1-2H3,(H,18,19). The highest BCUT2D eigenvalue weighted by Gasteiger charge is 2.40. The Morgan fingerprint density at radius 2 is 1.95 bits per heavy atom. The molecule has 1 aliphatic heterocycles. The lowest BCUT2D eigenvalue weighted by Gasteiger charge is -2.33. The SMILES string of the molecule is CC(C)N1C(C(=O)O)=CC(C2CCC(F)(F)CC2)=NS1(=O)=O. The van der Waals surface area contributed by atoms with E-state index in [0.29, 0.717) is 0 Å². The van der Waals surface area contributed by atoms with Gasteiger partial charge in [0.15, 0.2) is 0 Å². The summed E-state index contributed by atoms with van der Waals surface area (Å²) in [5.74, 6) is -4.59. The van der Waals surface area contributed by atoms with Crippen LogP contribution in [0, 0.1) is 5.92 Å². The molecule has 0 aromatic heterocycles. The van der Waals surface area contributed by atoms with Crippen molar-refractivity contribution in [3.63, 3.8) is 0 Å². The lowest BCUT2D eigenvalue weighted by atomic mass is 9.83. The summed E-state index contributed by atoms with van der Waals surface area (Å²) in [6.07, 6.45) is 0.679. The first-order chi connectivity index (χ1) is 10.0. The van der Waals surface area contributed by atoms with E-state index in [2.05, 4.69) is 4.40 Å². The fourth-order valence-corrected chi connectivity index (χ4v) is 4.23. The number of allylic oxidation sites excluding steroid dienone is 1. The van der Waals surface area contributed by atoms with Crippen LogP contribution in [0.3, 0.4) is 0 Å². The lowest BCUT2D eigenvalue weighted by Crippen LogP contribution is -2.42. The van der Waals surface area contributed by atoms with E-state index < -0.39 is 39.8 Å². The van der Waals surface area contributed by atoms with Gasteiger partial charge in [0, 0.05) is 24.8 Å². The number of aliphatic carboxylic acids is 1. The van der Waals surface area contributed by atoms with Crippen molar-refractivity contribution >= 4 is 21.9 Å². The van der Waals surface area contributed by atoms with Gasteiger partial charge in [0.2, 0.25) is 5.92 Å². The zero-order chi connectivity index (χ0) is 16.7. The summed E-state index contributed by atoms with van der Waals surface area (Å²) in [7, 11) is -4.16. The van der Waals surface area contributed by atoms with E-state index in [1.165, 1.54) is 19.9 Å². The van der Waals surface area contributed by atoms with Crippen molar-refractivity contribution in [2.24, 2.45) is 10.3 Å². The molecule has 0 aromatic carbocycles. The van der Waals surface area contributed by atoms with Gasteiger partial charge in [0.05, 0.1) is 5.71 Å². The summed E-state index contributed by atoms with van der Waals surface area (Å²) < 4.78 is 55.2. The van der Waals surface area contributed by atoms with Gasteiger partial charge in [-0.3, -0.25) is 0 Å². The van der Waals surface area contributed by atoms with Crippen molar-refractivity contribution < 1.29 is 27.1 Å². The number of rotatable bonds is 3. The number of hydrogen-bond donors (Lipinski definition) is 1. The van der Waals surface area contributed by atoms with Crippen LogP contribution in [0.1, 0.15) is 39.5 Å². The van der Waals surface area contributed by atoms with Gasteiger partial charge in [-0.15, -0.1) is 4.40 Å². The Balaban J connectivity index is 2.36. The smallest absolute Gasteiger partial charge is 0.353 e. The Hall–Kier alpha value is -1.51. The minimum atomic E-state index is -4.16. The number of carboxylic acids is 1. The van der Waals surface area contributed by atoms with E-state index in [-0.39, 0.29) is 31.4 Å². The summed E-state index contributed by atoms with van der Waals surface area (Å²) >= 11 is 0. The molecule has 2 rings (SSSR count). The number of hydrogen-bond acceptors (Lipinski definition) is 3. The minimum Gasteiger partial charge on any atom is -0.477 e. The van der Waals surface area contributed by atoms with Crippen molar-refractivity contribution in [1.29, 1.82) is 0 Å². The maximum Gasteiger partial charge on any atom is 0.353 e. The first kappa shape index (κ1) is 16.9. The fraction of sp³-hybridized carbons (Fsp3) is 0.692. The zero-order valence-electron chi connectivity index (χ0n) is 12.3. The second-order valence-corrected chi connectivity index (χ2v) is 7.32. The van der Waals surface area contributed by atoms with Crippen LogP contribution in [0.2, 0.25) is 0 Å². The average Bonchev–Trinajstić information content (AvgIpc) is 2.35. The zero-order valence-corrected chi connectivity index (χ0v) is 13.1. The third-order valence-corrected chi connectivity index (χ3v) is 5.37. The van der Waals surface area contributed by atoms with E-state index in [4.69, 9.17) is 0 Å². The molecule has 0 bridgehead atoms. The van der Waals surface area contributed by atoms with Crippen molar-refractivity contribution in [2.45, 2.75) is 51.5 Å². The molecule has 0 unspecified atom stereocenters. The summed E-state index contributed by atoms with van der Waals surface area (Å²) in [4.78, 5) is 11.3. The van der Waals surface area contributed by atoms with E-state index >= 15 is 0 Å². The topological polar surface area (TPSA) is 87.0 Å². The van der Waals surface area contributed by atoms with Crippen LogP contribution >= 0.6 is 0 Å². The summed E-state index contributed by atoms with van der Waals surface area (Å²) in [6.45, 7) is 3.08. The molecule has 1 saturated carbocycles. The molecule has 9 heteroatoms. The van der Waals surface area contributed by atoms with Crippen LogP contribution in [0.5, 0.6) is 0 Å².